The highest BCUT2D eigenvalue weighted by Gasteiger charge is 2.35. The van der Waals surface area contributed by atoms with Gasteiger partial charge in [-0.25, -0.2) is 13.2 Å². The van der Waals surface area contributed by atoms with Gasteiger partial charge in [0.1, 0.15) is 6.10 Å². The lowest BCUT2D eigenvalue weighted by atomic mass is 9.99. The molecule has 39 heavy (non-hydrogen) atoms. The monoisotopic (exact) mass is 554 g/mol. The smallest absolute Gasteiger partial charge is 0.321 e. The van der Waals surface area contributed by atoms with E-state index in [1.165, 1.54) is 11.0 Å². The van der Waals surface area contributed by atoms with Gasteiger partial charge in [0, 0.05) is 24.9 Å². The van der Waals surface area contributed by atoms with Gasteiger partial charge >= 0.3 is 6.03 Å². The number of benzene rings is 3. The van der Waals surface area contributed by atoms with Crippen LogP contribution in [0, 0.1) is 5.92 Å². The van der Waals surface area contributed by atoms with Crippen LogP contribution in [0.5, 0.6) is 5.75 Å². The number of fused-ring (bicyclic) bond motifs is 2. The van der Waals surface area contributed by atoms with E-state index in [0.29, 0.717) is 5.69 Å². The molecular formula is C28H34N4O6S. The zero-order chi connectivity index (χ0) is 28.3. The first kappa shape index (κ1) is 28.2. The van der Waals surface area contributed by atoms with Crippen LogP contribution in [0.2, 0.25) is 0 Å². The summed E-state index contributed by atoms with van der Waals surface area (Å²) in [7, 11) is -2.02. The van der Waals surface area contributed by atoms with Crippen molar-refractivity contribution in [3.05, 3.63) is 66.2 Å². The van der Waals surface area contributed by atoms with Crippen molar-refractivity contribution in [2.45, 2.75) is 26.0 Å². The van der Waals surface area contributed by atoms with Crippen LogP contribution in [0.25, 0.3) is 10.8 Å². The third-order valence-corrected chi connectivity index (χ3v) is 7.41. The van der Waals surface area contributed by atoms with Gasteiger partial charge in [0.15, 0.2) is 5.75 Å². The minimum absolute atomic E-state index is 0.0856. The fraction of sp³-hybridized carbons (Fsp3) is 0.357. The molecule has 0 saturated carbocycles. The molecular weight excluding hydrogens is 520 g/mol. The highest BCUT2D eigenvalue weighted by atomic mass is 32.2. The largest absolute Gasteiger partial charge is 0.485 e. The van der Waals surface area contributed by atoms with Gasteiger partial charge in [0.2, 0.25) is 10.0 Å². The molecule has 4 rings (SSSR count). The summed E-state index contributed by atoms with van der Waals surface area (Å²) in [4.78, 5) is 29.8. The minimum atomic E-state index is -3.67. The van der Waals surface area contributed by atoms with Crippen LogP contribution in [-0.2, 0) is 10.0 Å². The number of rotatable bonds is 7. The number of nitrogens with one attached hydrogen (secondary N) is 2. The first-order valence-electron chi connectivity index (χ1n) is 12.7. The average molecular weight is 555 g/mol. The number of hydrogen-bond donors (Lipinski definition) is 3. The second-order valence-electron chi connectivity index (χ2n) is 10.0. The van der Waals surface area contributed by atoms with Crippen molar-refractivity contribution in [1.82, 2.24) is 9.80 Å². The average Bonchev–Trinajstić information content (AvgIpc) is 2.89. The lowest BCUT2D eigenvalue weighted by Crippen LogP contribution is -2.50. The van der Waals surface area contributed by atoms with Crippen LogP contribution in [-0.4, -0.2) is 80.4 Å². The molecule has 1 heterocycles. The van der Waals surface area contributed by atoms with Crippen molar-refractivity contribution in [2.75, 3.05) is 43.0 Å². The second-order valence-corrected chi connectivity index (χ2v) is 11.8. The number of ether oxygens (including phenoxy) is 1. The van der Waals surface area contributed by atoms with Crippen molar-refractivity contribution in [3.63, 3.8) is 0 Å². The van der Waals surface area contributed by atoms with Gasteiger partial charge in [0.05, 0.1) is 42.4 Å². The predicted molar refractivity (Wildman–Crippen MR) is 152 cm³/mol. The molecule has 0 aliphatic carbocycles. The number of nitrogens with zero attached hydrogens (tertiary/aromatic N) is 2. The molecule has 3 aromatic rings. The van der Waals surface area contributed by atoms with Crippen molar-refractivity contribution >= 4 is 44.1 Å². The third-order valence-electron chi connectivity index (χ3n) is 6.82. The summed E-state index contributed by atoms with van der Waals surface area (Å²) in [5.74, 6) is -0.561. The summed E-state index contributed by atoms with van der Waals surface area (Å²) in [5, 5.41) is 14.7. The lowest BCUT2D eigenvalue weighted by Gasteiger charge is -2.38. The third kappa shape index (κ3) is 6.43. The standard InChI is InChI=1S/C28H34N4O6S/c1-18-15-32(19(2)17-33)27(34)22-12-8-14-24(30-39(4,36)37)26(22)38-25(18)16-31(3)28(35)29-23-13-7-10-20-9-5-6-11-21(20)23/h5-14,18-19,25,30,33H,15-17H2,1-4H3,(H,29,35)/t18-,19-,25-/m0/s1. The summed E-state index contributed by atoms with van der Waals surface area (Å²) in [5.41, 5.74) is 0.973. The number of urea groups is 1. The molecule has 208 valence electrons. The molecule has 10 nitrogen and oxygen atoms in total. The van der Waals surface area contributed by atoms with Gasteiger partial charge in [-0.2, -0.15) is 0 Å². The normalized spacial score (nSPS) is 18.4. The van der Waals surface area contributed by atoms with Crippen LogP contribution in [0.4, 0.5) is 16.2 Å². The Morgan fingerprint density at radius 3 is 2.51 bits per heavy atom. The highest BCUT2D eigenvalue weighted by Crippen LogP contribution is 2.35. The Balaban J connectivity index is 1.64. The zero-order valence-corrected chi connectivity index (χ0v) is 23.2. The van der Waals surface area contributed by atoms with Crippen LogP contribution in [0.1, 0.15) is 24.2 Å². The number of aliphatic hydroxyl groups excluding tert-OH is 1. The van der Waals surface area contributed by atoms with Crippen LogP contribution >= 0.6 is 0 Å². The first-order valence-corrected chi connectivity index (χ1v) is 14.6. The topological polar surface area (TPSA) is 128 Å². The summed E-state index contributed by atoms with van der Waals surface area (Å²) in [6, 6.07) is 17.3. The highest BCUT2D eigenvalue weighted by molar-refractivity contribution is 7.92. The van der Waals surface area contributed by atoms with E-state index in [1.807, 2.05) is 49.4 Å². The van der Waals surface area contributed by atoms with E-state index in [0.717, 1.165) is 17.0 Å². The second kappa shape index (κ2) is 11.5. The van der Waals surface area contributed by atoms with E-state index < -0.39 is 22.2 Å². The molecule has 1 aliphatic rings. The first-order chi connectivity index (χ1) is 18.5. The molecule has 0 spiro atoms. The zero-order valence-electron chi connectivity index (χ0n) is 22.4. The molecule has 3 aromatic carbocycles. The Morgan fingerprint density at radius 1 is 1.13 bits per heavy atom. The molecule has 0 fully saturated rings. The number of carbonyl (C=O) groups is 2. The van der Waals surface area contributed by atoms with Gasteiger partial charge in [-0.15, -0.1) is 0 Å². The van der Waals surface area contributed by atoms with E-state index in [2.05, 4.69) is 10.0 Å². The van der Waals surface area contributed by atoms with E-state index in [1.54, 1.807) is 31.0 Å². The Morgan fingerprint density at radius 2 is 1.79 bits per heavy atom. The van der Waals surface area contributed by atoms with Crippen LogP contribution in [0.3, 0.4) is 0 Å². The number of para-hydroxylation sites is 1. The predicted octanol–water partition coefficient (Wildman–Crippen LogP) is 3.60. The molecule has 0 unspecified atom stereocenters. The fourth-order valence-electron chi connectivity index (χ4n) is 4.64. The number of amides is 3. The number of likely N-dealkylation sites (N-methyl/N-ethyl adjacent to an activating group) is 1. The molecule has 1 aliphatic heterocycles. The SMILES string of the molecule is C[C@H]1CN([C@@H](C)CO)C(=O)c2cccc(NS(C)(=O)=O)c2O[C@H]1CN(C)C(=O)Nc1cccc2ccccc12. The Kier molecular flexibility index (Phi) is 8.31. The van der Waals surface area contributed by atoms with Gasteiger partial charge in [0.25, 0.3) is 5.91 Å². The summed E-state index contributed by atoms with van der Waals surface area (Å²) >= 11 is 0. The molecule has 3 N–H and O–H groups in total. The van der Waals surface area contributed by atoms with E-state index in [-0.39, 0.29) is 54.6 Å². The Bertz CT molecular complexity index is 1470. The lowest BCUT2D eigenvalue weighted by molar-refractivity contribution is 0.0373. The molecule has 0 aromatic heterocycles. The molecule has 0 saturated heterocycles. The fourth-order valence-corrected chi connectivity index (χ4v) is 5.20. The van der Waals surface area contributed by atoms with Gasteiger partial charge in [-0.05, 0) is 30.5 Å². The van der Waals surface area contributed by atoms with Crippen molar-refractivity contribution in [1.29, 1.82) is 0 Å². The van der Waals surface area contributed by atoms with Crippen molar-refractivity contribution < 1.29 is 27.9 Å². The van der Waals surface area contributed by atoms with Crippen molar-refractivity contribution in [3.8, 4) is 5.75 Å². The van der Waals surface area contributed by atoms with Crippen LogP contribution in [0.15, 0.2) is 60.7 Å². The number of carbonyl (C=O) groups excluding carboxylic acids is 2. The molecule has 0 bridgehead atoms. The van der Waals surface area contributed by atoms with E-state index in [9.17, 15) is 23.1 Å². The van der Waals surface area contributed by atoms with Crippen LogP contribution < -0.4 is 14.8 Å². The summed E-state index contributed by atoms with van der Waals surface area (Å²) in [6.07, 6.45) is 0.416. The van der Waals surface area contributed by atoms with Crippen molar-refractivity contribution in [2.24, 2.45) is 5.92 Å². The maximum atomic E-state index is 13.5. The number of anilines is 2. The molecule has 3 amide bonds. The minimum Gasteiger partial charge on any atom is -0.485 e. The van der Waals surface area contributed by atoms with Gasteiger partial charge < -0.3 is 25.0 Å². The number of hydrogen-bond acceptors (Lipinski definition) is 6. The summed E-state index contributed by atoms with van der Waals surface area (Å²) < 4.78 is 32.9. The summed E-state index contributed by atoms with van der Waals surface area (Å²) in [6.45, 7) is 3.81. The van der Waals surface area contributed by atoms with E-state index >= 15 is 0 Å². The maximum Gasteiger partial charge on any atom is 0.321 e. The Hall–Kier alpha value is -3.83. The molecule has 0 radical (unpaired) electrons. The number of sulfonamides is 1. The molecule has 3 atom stereocenters. The quantitative estimate of drug-likeness (QED) is 0.410. The van der Waals surface area contributed by atoms with E-state index in [4.69, 9.17) is 4.74 Å². The van der Waals surface area contributed by atoms with Gasteiger partial charge in [-0.1, -0.05) is 49.4 Å². The number of aliphatic hydroxyl groups is 1. The maximum absolute atomic E-state index is 13.5. The molecule has 11 heteroatoms. The Labute approximate surface area is 228 Å². The van der Waals surface area contributed by atoms with Gasteiger partial charge in [-0.3, -0.25) is 9.52 Å².